The SMILES string of the molecule is CCNc1ccc(OCCNC)cc1N(CC)C(C)CN. The van der Waals surface area contributed by atoms with Gasteiger partial charge in [0.1, 0.15) is 12.4 Å². The number of benzene rings is 1. The van der Waals surface area contributed by atoms with Crippen LogP contribution in [0.3, 0.4) is 0 Å². The Morgan fingerprint density at radius 3 is 2.67 bits per heavy atom. The second-order valence-corrected chi connectivity index (χ2v) is 5.03. The molecule has 1 aromatic rings. The van der Waals surface area contributed by atoms with Gasteiger partial charge in [-0.25, -0.2) is 0 Å². The van der Waals surface area contributed by atoms with Crippen LogP contribution in [0.2, 0.25) is 0 Å². The number of likely N-dealkylation sites (N-methyl/N-ethyl adjacent to an activating group) is 2. The van der Waals surface area contributed by atoms with E-state index in [0.717, 1.165) is 36.8 Å². The third-order valence-electron chi connectivity index (χ3n) is 3.48. The first kappa shape index (κ1) is 17.6. The smallest absolute Gasteiger partial charge is 0.121 e. The highest BCUT2D eigenvalue weighted by Crippen LogP contribution is 2.31. The van der Waals surface area contributed by atoms with Crippen molar-refractivity contribution >= 4 is 11.4 Å². The van der Waals surface area contributed by atoms with Crippen molar-refractivity contribution < 1.29 is 4.74 Å². The lowest BCUT2D eigenvalue weighted by Gasteiger charge is -2.31. The van der Waals surface area contributed by atoms with Crippen LogP contribution in [-0.4, -0.2) is 45.9 Å². The van der Waals surface area contributed by atoms with Crippen LogP contribution in [0.4, 0.5) is 11.4 Å². The second-order valence-electron chi connectivity index (χ2n) is 5.03. The molecular formula is C16H30N4O. The lowest BCUT2D eigenvalue weighted by molar-refractivity contribution is 0.318. The van der Waals surface area contributed by atoms with E-state index < -0.39 is 0 Å². The molecule has 1 rings (SSSR count). The van der Waals surface area contributed by atoms with Crippen LogP contribution in [0.1, 0.15) is 20.8 Å². The molecule has 5 nitrogen and oxygen atoms in total. The van der Waals surface area contributed by atoms with Crippen molar-refractivity contribution in [1.82, 2.24) is 5.32 Å². The van der Waals surface area contributed by atoms with E-state index in [2.05, 4.69) is 48.4 Å². The fourth-order valence-electron chi connectivity index (χ4n) is 2.30. The minimum Gasteiger partial charge on any atom is -0.492 e. The Morgan fingerprint density at radius 2 is 2.10 bits per heavy atom. The molecule has 0 aliphatic rings. The fourth-order valence-corrected chi connectivity index (χ4v) is 2.30. The van der Waals surface area contributed by atoms with Gasteiger partial charge in [-0.05, 0) is 40.0 Å². The number of rotatable bonds is 10. The summed E-state index contributed by atoms with van der Waals surface area (Å²) >= 11 is 0. The van der Waals surface area contributed by atoms with E-state index in [1.54, 1.807) is 0 Å². The number of hydrogen-bond acceptors (Lipinski definition) is 5. The largest absolute Gasteiger partial charge is 0.492 e. The van der Waals surface area contributed by atoms with Crippen molar-refractivity contribution in [3.63, 3.8) is 0 Å². The summed E-state index contributed by atoms with van der Waals surface area (Å²) in [5.41, 5.74) is 8.12. The van der Waals surface area contributed by atoms with E-state index in [1.165, 1.54) is 0 Å². The van der Waals surface area contributed by atoms with E-state index in [4.69, 9.17) is 10.5 Å². The number of nitrogens with one attached hydrogen (secondary N) is 2. The maximum atomic E-state index is 5.84. The maximum Gasteiger partial charge on any atom is 0.121 e. The first-order chi connectivity index (χ1) is 10.2. The van der Waals surface area contributed by atoms with E-state index in [-0.39, 0.29) is 0 Å². The molecule has 1 aromatic carbocycles. The first-order valence-corrected chi connectivity index (χ1v) is 7.79. The van der Waals surface area contributed by atoms with E-state index in [9.17, 15) is 0 Å². The first-order valence-electron chi connectivity index (χ1n) is 7.79. The van der Waals surface area contributed by atoms with Crippen molar-refractivity contribution in [1.29, 1.82) is 0 Å². The number of anilines is 2. The average Bonchev–Trinajstić information content (AvgIpc) is 2.50. The molecule has 0 saturated heterocycles. The van der Waals surface area contributed by atoms with Crippen LogP contribution in [0.15, 0.2) is 18.2 Å². The molecule has 21 heavy (non-hydrogen) atoms. The monoisotopic (exact) mass is 294 g/mol. The summed E-state index contributed by atoms with van der Waals surface area (Å²) < 4.78 is 5.78. The zero-order valence-electron chi connectivity index (χ0n) is 13.8. The van der Waals surface area contributed by atoms with Gasteiger partial charge < -0.3 is 26.0 Å². The van der Waals surface area contributed by atoms with Crippen LogP contribution >= 0.6 is 0 Å². The quantitative estimate of drug-likeness (QED) is 0.575. The molecule has 4 N–H and O–H groups in total. The van der Waals surface area contributed by atoms with Gasteiger partial charge in [0.15, 0.2) is 0 Å². The standard InChI is InChI=1S/C16H30N4O/c1-5-19-15-8-7-14(21-10-9-18-4)11-16(15)20(6-2)13(3)12-17/h7-8,11,13,18-19H,5-6,9-10,12,17H2,1-4H3. The van der Waals surface area contributed by atoms with Gasteiger partial charge in [-0.3, -0.25) is 0 Å². The zero-order chi connectivity index (χ0) is 15.7. The molecule has 0 heterocycles. The average molecular weight is 294 g/mol. The zero-order valence-corrected chi connectivity index (χ0v) is 13.8. The molecule has 0 saturated carbocycles. The third-order valence-corrected chi connectivity index (χ3v) is 3.48. The maximum absolute atomic E-state index is 5.84. The summed E-state index contributed by atoms with van der Waals surface area (Å²) in [6.45, 7) is 10.3. The van der Waals surface area contributed by atoms with E-state index in [1.807, 2.05) is 13.1 Å². The van der Waals surface area contributed by atoms with Crippen molar-refractivity contribution in [2.24, 2.45) is 5.73 Å². The Labute approximate surface area is 128 Å². The Kier molecular flexibility index (Phi) is 7.93. The van der Waals surface area contributed by atoms with Gasteiger partial charge in [-0.15, -0.1) is 0 Å². The van der Waals surface area contributed by atoms with E-state index in [0.29, 0.717) is 19.2 Å². The van der Waals surface area contributed by atoms with Crippen molar-refractivity contribution in [2.75, 3.05) is 50.1 Å². The normalized spacial score (nSPS) is 12.0. The fraction of sp³-hybridized carbons (Fsp3) is 0.625. The van der Waals surface area contributed by atoms with Crippen LogP contribution in [-0.2, 0) is 0 Å². The van der Waals surface area contributed by atoms with Crippen molar-refractivity contribution in [2.45, 2.75) is 26.8 Å². The Bertz CT molecular complexity index is 411. The summed E-state index contributed by atoms with van der Waals surface area (Å²) in [6, 6.07) is 6.49. The molecule has 0 aliphatic heterocycles. The lowest BCUT2D eigenvalue weighted by Crippen LogP contribution is -2.38. The minimum absolute atomic E-state index is 0.292. The molecule has 1 unspecified atom stereocenters. The molecule has 5 heteroatoms. The molecule has 0 amide bonds. The van der Waals surface area contributed by atoms with Crippen LogP contribution < -0.4 is 26.0 Å². The Hall–Kier alpha value is -1.46. The minimum atomic E-state index is 0.292. The van der Waals surface area contributed by atoms with Crippen molar-refractivity contribution in [3.8, 4) is 5.75 Å². The van der Waals surface area contributed by atoms with Gasteiger partial charge in [-0.2, -0.15) is 0 Å². The van der Waals surface area contributed by atoms with Crippen LogP contribution in [0.5, 0.6) is 5.75 Å². The second kappa shape index (κ2) is 9.47. The van der Waals surface area contributed by atoms with Crippen molar-refractivity contribution in [3.05, 3.63) is 18.2 Å². The van der Waals surface area contributed by atoms with Gasteiger partial charge in [0.05, 0.1) is 11.4 Å². The van der Waals surface area contributed by atoms with Gasteiger partial charge in [-0.1, -0.05) is 0 Å². The third kappa shape index (κ3) is 5.10. The summed E-state index contributed by atoms with van der Waals surface area (Å²) in [5.74, 6) is 0.893. The van der Waals surface area contributed by atoms with Crippen LogP contribution in [0, 0.1) is 0 Å². The van der Waals surface area contributed by atoms with E-state index >= 15 is 0 Å². The van der Waals surface area contributed by atoms with Gasteiger partial charge in [0, 0.05) is 38.3 Å². The number of ether oxygens (including phenoxy) is 1. The molecule has 0 bridgehead atoms. The summed E-state index contributed by atoms with van der Waals surface area (Å²) in [5, 5.41) is 6.50. The number of hydrogen-bond donors (Lipinski definition) is 3. The topological polar surface area (TPSA) is 62.5 Å². The van der Waals surface area contributed by atoms with Gasteiger partial charge >= 0.3 is 0 Å². The predicted molar refractivity (Wildman–Crippen MR) is 91.6 cm³/mol. The number of nitrogens with two attached hydrogens (primary N) is 1. The van der Waals surface area contributed by atoms with Gasteiger partial charge in [0.25, 0.3) is 0 Å². The summed E-state index contributed by atoms with van der Waals surface area (Å²) in [7, 11) is 1.92. The highest BCUT2D eigenvalue weighted by atomic mass is 16.5. The molecule has 0 radical (unpaired) electrons. The highest BCUT2D eigenvalue weighted by Gasteiger charge is 2.16. The molecule has 120 valence electrons. The lowest BCUT2D eigenvalue weighted by atomic mass is 10.1. The molecular weight excluding hydrogens is 264 g/mol. The highest BCUT2D eigenvalue weighted by molar-refractivity contribution is 5.72. The molecule has 0 aliphatic carbocycles. The summed E-state index contributed by atoms with van der Waals surface area (Å²) in [4.78, 5) is 2.31. The molecule has 0 aromatic heterocycles. The number of nitrogens with zero attached hydrogens (tertiary/aromatic N) is 1. The van der Waals surface area contributed by atoms with Crippen LogP contribution in [0.25, 0.3) is 0 Å². The molecule has 1 atom stereocenters. The predicted octanol–water partition coefficient (Wildman–Crippen LogP) is 1.89. The Balaban J connectivity index is 3.01. The Morgan fingerprint density at radius 1 is 1.33 bits per heavy atom. The molecule has 0 spiro atoms. The molecule has 0 fully saturated rings. The van der Waals surface area contributed by atoms with Gasteiger partial charge in [0.2, 0.25) is 0 Å². The summed E-state index contributed by atoms with van der Waals surface area (Å²) in [6.07, 6.45) is 0.